The summed E-state index contributed by atoms with van der Waals surface area (Å²) in [6.45, 7) is 1.89. The maximum absolute atomic E-state index is 11.3. The molecule has 0 aromatic heterocycles. The minimum atomic E-state index is -0.156. The molecule has 0 fully saturated rings. The molecule has 13 heavy (non-hydrogen) atoms. The Labute approximate surface area is 95.2 Å². The third-order valence-electron chi connectivity index (χ3n) is 1.59. The Morgan fingerprint density at radius 2 is 2.15 bits per heavy atom. The van der Waals surface area contributed by atoms with Crippen molar-refractivity contribution in [2.45, 2.75) is 6.92 Å². The van der Waals surface area contributed by atoms with Gasteiger partial charge in [0.1, 0.15) is 0 Å². The Morgan fingerprint density at radius 1 is 1.54 bits per heavy atom. The van der Waals surface area contributed by atoms with Crippen LogP contribution in [0.5, 0.6) is 0 Å². The zero-order valence-corrected chi connectivity index (χ0v) is 10.0. The third kappa shape index (κ3) is 2.46. The van der Waals surface area contributed by atoms with Crippen LogP contribution in [0, 0.1) is 6.92 Å². The van der Waals surface area contributed by atoms with Crippen LogP contribution in [0.2, 0.25) is 5.02 Å². The quantitative estimate of drug-likeness (QED) is 0.595. The second kappa shape index (κ2) is 4.45. The molecule has 4 heteroatoms. The van der Waals surface area contributed by atoms with E-state index in [-0.39, 0.29) is 11.7 Å². The SMILES string of the molecule is Cc1cc(Br)c(Cl)c(C(=O)CCl)c1. The highest BCUT2D eigenvalue weighted by Gasteiger charge is 2.12. The van der Waals surface area contributed by atoms with Gasteiger partial charge < -0.3 is 0 Å². The first kappa shape index (κ1) is 11.0. The largest absolute Gasteiger partial charge is 0.293 e. The molecular formula is C9H7BrCl2O. The maximum atomic E-state index is 11.3. The lowest BCUT2D eigenvalue weighted by Crippen LogP contribution is -2.02. The van der Waals surface area contributed by atoms with Crippen molar-refractivity contribution >= 4 is 44.9 Å². The number of ketones is 1. The summed E-state index contributed by atoms with van der Waals surface area (Å²) in [5.74, 6) is -0.202. The van der Waals surface area contributed by atoms with E-state index in [1.165, 1.54) is 0 Å². The number of benzene rings is 1. The van der Waals surface area contributed by atoms with Gasteiger partial charge in [-0.3, -0.25) is 4.79 Å². The molecule has 0 unspecified atom stereocenters. The topological polar surface area (TPSA) is 17.1 Å². The van der Waals surface area contributed by atoms with E-state index in [4.69, 9.17) is 23.2 Å². The van der Waals surface area contributed by atoms with Crippen LogP contribution in [0.3, 0.4) is 0 Å². The van der Waals surface area contributed by atoms with Gasteiger partial charge in [-0.15, -0.1) is 11.6 Å². The number of rotatable bonds is 2. The van der Waals surface area contributed by atoms with Crippen LogP contribution in [-0.4, -0.2) is 11.7 Å². The van der Waals surface area contributed by atoms with Gasteiger partial charge >= 0.3 is 0 Å². The third-order valence-corrected chi connectivity index (χ3v) is 3.10. The molecule has 0 radical (unpaired) electrons. The molecule has 0 aliphatic heterocycles. The first-order valence-electron chi connectivity index (χ1n) is 3.61. The molecular weight excluding hydrogens is 275 g/mol. The van der Waals surface area contributed by atoms with Gasteiger partial charge in [0, 0.05) is 10.0 Å². The molecule has 1 aromatic rings. The van der Waals surface area contributed by atoms with Gasteiger partial charge in [-0.05, 0) is 40.5 Å². The summed E-state index contributed by atoms with van der Waals surface area (Å²) >= 11 is 14.6. The second-order valence-electron chi connectivity index (χ2n) is 2.67. The smallest absolute Gasteiger partial charge is 0.179 e. The van der Waals surface area contributed by atoms with Crippen molar-refractivity contribution in [3.63, 3.8) is 0 Å². The monoisotopic (exact) mass is 280 g/mol. The molecule has 0 aliphatic rings. The number of hydrogen-bond acceptors (Lipinski definition) is 1. The van der Waals surface area contributed by atoms with Crippen LogP contribution in [0.15, 0.2) is 16.6 Å². The molecule has 1 nitrogen and oxygen atoms in total. The summed E-state index contributed by atoms with van der Waals surface area (Å²) < 4.78 is 0.725. The molecule has 70 valence electrons. The Bertz CT molecular complexity index is 350. The number of alkyl halides is 1. The Hall–Kier alpha value is -0.0500. The number of aryl methyl sites for hydroxylation is 1. The average Bonchev–Trinajstić information content (AvgIpc) is 2.10. The molecule has 0 saturated carbocycles. The summed E-state index contributed by atoms with van der Waals surface area (Å²) in [6, 6.07) is 3.59. The molecule has 0 atom stereocenters. The number of carbonyl (C=O) groups excluding carboxylic acids is 1. The molecule has 0 saturated heterocycles. The van der Waals surface area contributed by atoms with Crippen molar-refractivity contribution in [1.82, 2.24) is 0 Å². The van der Waals surface area contributed by atoms with Gasteiger partial charge in [0.05, 0.1) is 10.9 Å². The van der Waals surface area contributed by atoms with Gasteiger partial charge in [-0.25, -0.2) is 0 Å². The summed E-state index contributed by atoms with van der Waals surface area (Å²) in [5, 5.41) is 0.427. The molecule has 0 aliphatic carbocycles. The van der Waals surface area contributed by atoms with E-state index < -0.39 is 0 Å². The summed E-state index contributed by atoms with van der Waals surface area (Å²) in [6.07, 6.45) is 0. The van der Waals surface area contributed by atoms with Crippen LogP contribution in [0.25, 0.3) is 0 Å². The van der Waals surface area contributed by atoms with Gasteiger partial charge in [0.2, 0.25) is 0 Å². The summed E-state index contributed by atoms with van der Waals surface area (Å²) in [7, 11) is 0. The van der Waals surface area contributed by atoms with Crippen LogP contribution >= 0.6 is 39.1 Å². The zero-order valence-electron chi connectivity index (χ0n) is 6.90. The molecule has 0 heterocycles. The van der Waals surface area contributed by atoms with Crippen molar-refractivity contribution in [3.05, 3.63) is 32.8 Å². The number of halogens is 3. The zero-order chi connectivity index (χ0) is 10.0. The molecule has 0 bridgehead atoms. The average molecular weight is 282 g/mol. The minimum absolute atomic E-state index is 0.0460. The van der Waals surface area contributed by atoms with E-state index in [1.807, 2.05) is 13.0 Å². The van der Waals surface area contributed by atoms with Crippen molar-refractivity contribution < 1.29 is 4.79 Å². The fourth-order valence-corrected chi connectivity index (χ4v) is 1.93. The standard InChI is InChI=1S/C9H7BrCl2O/c1-5-2-6(8(13)4-11)9(12)7(10)3-5/h2-3H,4H2,1H3. The van der Waals surface area contributed by atoms with Crippen molar-refractivity contribution in [3.8, 4) is 0 Å². The molecule has 0 N–H and O–H groups in total. The number of carbonyl (C=O) groups is 1. The lowest BCUT2D eigenvalue weighted by atomic mass is 10.1. The molecule has 0 spiro atoms. The Kier molecular flexibility index (Phi) is 3.77. The van der Waals surface area contributed by atoms with Gasteiger partial charge in [-0.1, -0.05) is 11.6 Å². The van der Waals surface area contributed by atoms with Gasteiger partial charge in [-0.2, -0.15) is 0 Å². The highest BCUT2D eigenvalue weighted by molar-refractivity contribution is 9.10. The lowest BCUT2D eigenvalue weighted by Gasteiger charge is -2.04. The fraction of sp³-hybridized carbons (Fsp3) is 0.222. The van der Waals surface area contributed by atoms with Crippen LogP contribution in [0.4, 0.5) is 0 Å². The van der Waals surface area contributed by atoms with Crippen molar-refractivity contribution in [2.24, 2.45) is 0 Å². The fourth-order valence-electron chi connectivity index (χ4n) is 0.999. The maximum Gasteiger partial charge on any atom is 0.179 e. The number of hydrogen-bond donors (Lipinski definition) is 0. The number of Topliss-reactive ketones (excluding diaryl/α,β-unsaturated/α-hetero) is 1. The van der Waals surface area contributed by atoms with Gasteiger partial charge in [0.15, 0.2) is 5.78 Å². The second-order valence-corrected chi connectivity index (χ2v) is 4.16. The summed E-state index contributed by atoms with van der Waals surface area (Å²) in [4.78, 5) is 11.3. The predicted molar refractivity (Wildman–Crippen MR) is 58.9 cm³/mol. The van der Waals surface area contributed by atoms with E-state index in [0.29, 0.717) is 10.6 Å². The van der Waals surface area contributed by atoms with Crippen LogP contribution in [-0.2, 0) is 0 Å². The predicted octanol–water partition coefficient (Wildman–Crippen LogP) is 3.83. The lowest BCUT2D eigenvalue weighted by molar-refractivity contribution is 0.102. The highest BCUT2D eigenvalue weighted by Crippen LogP contribution is 2.28. The van der Waals surface area contributed by atoms with Gasteiger partial charge in [0.25, 0.3) is 0 Å². The van der Waals surface area contributed by atoms with E-state index in [2.05, 4.69) is 15.9 Å². The molecule has 0 amide bonds. The molecule has 1 rings (SSSR count). The summed E-state index contributed by atoms with van der Waals surface area (Å²) in [5.41, 5.74) is 1.45. The van der Waals surface area contributed by atoms with Crippen LogP contribution < -0.4 is 0 Å². The Balaban J connectivity index is 3.28. The highest BCUT2D eigenvalue weighted by atomic mass is 79.9. The van der Waals surface area contributed by atoms with Crippen LogP contribution in [0.1, 0.15) is 15.9 Å². The molecule has 1 aromatic carbocycles. The van der Waals surface area contributed by atoms with Crippen molar-refractivity contribution in [1.29, 1.82) is 0 Å². The first-order valence-corrected chi connectivity index (χ1v) is 5.31. The minimum Gasteiger partial charge on any atom is -0.293 e. The van der Waals surface area contributed by atoms with Crippen molar-refractivity contribution in [2.75, 3.05) is 5.88 Å². The van der Waals surface area contributed by atoms with E-state index in [1.54, 1.807) is 6.07 Å². The Morgan fingerprint density at radius 3 is 2.69 bits per heavy atom. The van der Waals surface area contributed by atoms with E-state index in [9.17, 15) is 4.79 Å². The normalized spacial score (nSPS) is 10.2. The van der Waals surface area contributed by atoms with E-state index >= 15 is 0 Å². The first-order chi connectivity index (χ1) is 6.06. The van der Waals surface area contributed by atoms with E-state index in [0.717, 1.165) is 10.0 Å².